The Labute approximate surface area is 186 Å². The van der Waals surface area contributed by atoms with Gasteiger partial charge < -0.3 is 9.84 Å². The van der Waals surface area contributed by atoms with E-state index < -0.39 is 17.7 Å². The second-order valence-electron chi connectivity index (χ2n) is 6.67. The van der Waals surface area contributed by atoms with Gasteiger partial charge in [-0.05, 0) is 43.5 Å². The van der Waals surface area contributed by atoms with Crippen LogP contribution in [-0.2, 0) is 9.59 Å². The molecule has 1 aromatic carbocycles. The number of aliphatic hydroxyl groups excluding tert-OH is 1. The van der Waals surface area contributed by atoms with Gasteiger partial charge in [0.2, 0.25) is 0 Å². The Morgan fingerprint density at radius 2 is 2.03 bits per heavy atom. The fourth-order valence-electron chi connectivity index (χ4n) is 3.27. The predicted octanol–water partition coefficient (Wildman–Crippen LogP) is 5.11. The van der Waals surface area contributed by atoms with E-state index in [9.17, 15) is 14.7 Å². The molecule has 0 unspecified atom stereocenters. The summed E-state index contributed by atoms with van der Waals surface area (Å²) in [4.78, 5) is 33.6. The Bertz CT molecular complexity index is 1160. The van der Waals surface area contributed by atoms with Gasteiger partial charge >= 0.3 is 5.91 Å². The zero-order valence-electron chi connectivity index (χ0n) is 16.3. The number of nitrogens with zero attached hydrogens (tertiary/aromatic N) is 2. The van der Waals surface area contributed by atoms with Crippen molar-refractivity contribution < 1.29 is 19.4 Å². The number of carbonyl (C=O) groups excluding carboxylic acids is 2. The van der Waals surface area contributed by atoms with Gasteiger partial charge in [-0.2, -0.15) is 0 Å². The minimum atomic E-state index is -0.768. The normalized spacial score (nSPS) is 18.3. The van der Waals surface area contributed by atoms with Gasteiger partial charge in [-0.15, -0.1) is 22.7 Å². The number of Topliss-reactive ketones (excluding diaryl/α,β-unsaturated/α-hetero) is 1. The molecule has 3 heterocycles. The summed E-state index contributed by atoms with van der Waals surface area (Å²) < 4.78 is 5.15. The van der Waals surface area contributed by atoms with Gasteiger partial charge in [0.05, 0.1) is 23.4 Å². The Morgan fingerprint density at radius 1 is 1.27 bits per heavy atom. The number of anilines is 1. The maximum absolute atomic E-state index is 13.0. The molecule has 0 spiro atoms. The maximum atomic E-state index is 13.0. The Kier molecular flexibility index (Phi) is 5.40. The molecule has 30 heavy (non-hydrogen) atoms. The van der Waals surface area contributed by atoms with E-state index in [4.69, 9.17) is 16.3 Å². The lowest BCUT2D eigenvalue weighted by atomic mass is 10.00. The highest BCUT2D eigenvalue weighted by Gasteiger charge is 2.48. The number of rotatable bonds is 4. The lowest BCUT2D eigenvalue weighted by molar-refractivity contribution is -0.132. The first kappa shape index (κ1) is 20.6. The number of ether oxygens (including phenoxy) is 1. The summed E-state index contributed by atoms with van der Waals surface area (Å²) in [5.41, 5.74) is 1.13. The van der Waals surface area contributed by atoms with Crippen LogP contribution < -0.4 is 9.64 Å². The zero-order chi connectivity index (χ0) is 21.6. The molecule has 6 nitrogen and oxygen atoms in total. The number of aryl methyl sites for hydroxylation is 2. The molecule has 0 radical (unpaired) electrons. The molecule has 154 valence electrons. The van der Waals surface area contributed by atoms with Crippen LogP contribution in [0.1, 0.15) is 27.1 Å². The third kappa shape index (κ3) is 3.30. The van der Waals surface area contributed by atoms with Gasteiger partial charge in [0.25, 0.3) is 5.78 Å². The highest BCUT2D eigenvalue weighted by molar-refractivity contribution is 7.16. The van der Waals surface area contributed by atoms with Crippen LogP contribution in [0.4, 0.5) is 5.13 Å². The number of hydrogen-bond donors (Lipinski definition) is 1. The highest BCUT2D eigenvalue weighted by Crippen LogP contribution is 2.45. The van der Waals surface area contributed by atoms with E-state index in [1.807, 2.05) is 31.4 Å². The van der Waals surface area contributed by atoms with Gasteiger partial charge in [0.1, 0.15) is 17.6 Å². The van der Waals surface area contributed by atoms with Crippen LogP contribution in [0.15, 0.2) is 41.3 Å². The molecule has 3 aromatic rings. The van der Waals surface area contributed by atoms with Crippen molar-refractivity contribution in [2.45, 2.75) is 19.9 Å². The van der Waals surface area contributed by atoms with Crippen molar-refractivity contribution in [3.05, 3.63) is 67.3 Å². The number of benzene rings is 1. The molecule has 0 aliphatic carbocycles. The van der Waals surface area contributed by atoms with Crippen molar-refractivity contribution >= 4 is 56.9 Å². The first-order valence-corrected chi connectivity index (χ1v) is 11.0. The zero-order valence-corrected chi connectivity index (χ0v) is 18.7. The average Bonchev–Trinajstić information content (AvgIpc) is 3.42. The predicted molar refractivity (Wildman–Crippen MR) is 119 cm³/mol. The minimum absolute atomic E-state index is 0.00851. The van der Waals surface area contributed by atoms with Crippen LogP contribution in [-0.4, -0.2) is 28.9 Å². The molecule has 9 heteroatoms. The fourth-order valence-corrected chi connectivity index (χ4v) is 5.29. The smallest absolute Gasteiger partial charge is 0.301 e. The van der Waals surface area contributed by atoms with Crippen LogP contribution in [0.2, 0.25) is 5.02 Å². The third-order valence-corrected chi connectivity index (χ3v) is 7.20. The summed E-state index contributed by atoms with van der Waals surface area (Å²) in [5, 5.41) is 13.6. The number of amides is 1. The fraction of sp³-hybridized carbons (Fsp3) is 0.190. The van der Waals surface area contributed by atoms with Crippen molar-refractivity contribution in [2.75, 3.05) is 12.0 Å². The second-order valence-corrected chi connectivity index (χ2v) is 9.24. The van der Waals surface area contributed by atoms with Gasteiger partial charge in [-0.1, -0.05) is 17.7 Å². The van der Waals surface area contributed by atoms with E-state index >= 15 is 0 Å². The van der Waals surface area contributed by atoms with Crippen LogP contribution in [0.5, 0.6) is 5.75 Å². The number of thiophene rings is 1. The van der Waals surface area contributed by atoms with E-state index in [0.29, 0.717) is 16.4 Å². The van der Waals surface area contributed by atoms with Crippen molar-refractivity contribution in [1.29, 1.82) is 0 Å². The first-order chi connectivity index (χ1) is 14.3. The Morgan fingerprint density at radius 3 is 2.60 bits per heavy atom. The number of halogens is 1. The van der Waals surface area contributed by atoms with Gasteiger partial charge in [-0.3, -0.25) is 14.5 Å². The summed E-state index contributed by atoms with van der Waals surface area (Å²) >= 11 is 8.94. The third-order valence-electron chi connectivity index (χ3n) is 4.91. The molecule has 1 aliphatic rings. The largest absolute Gasteiger partial charge is 0.507 e. The van der Waals surface area contributed by atoms with E-state index in [-0.39, 0.29) is 16.4 Å². The topological polar surface area (TPSA) is 79.7 Å². The lowest BCUT2D eigenvalue weighted by Crippen LogP contribution is -2.29. The van der Waals surface area contributed by atoms with Crippen molar-refractivity contribution in [3.8, 4) is 5.75 Å². The van der Waals surface area contributed by atoms with E-state index in [0.717, 1.165) is 15.4 Å². The van der Waals surface area contributed by atoms with Gasteiger partial charge in [0.15, 0.2) is 5.13 Å². The second kappa shape index (κ2) is 7.86. The summed E-state index contributed by atoms with van der Waals surface area (Å²) in [6, 6.07) is 7.60. The Balaban J connectivity index is 1.91. The Hall–Kier alpha value is -2.68. The number of thiazole rings is 1. The molecule has 1 atom stereocenters. The molecule has 4 rings (SSSR count). The molecule has 1 N–H and O–H groups in total. The lowest BCUT2D eigenvalue weighted by Gasteiger charge is -2.21. The summed E-state index contributed by atoms with van der Waals surface area (Å²) in [5.74, 6) is -1.33. The van der Waals surface area contributed by atoms with Gasteiger partial charge in [-0.25, -0.2) is 4.98 Å². The molecule has 1 saturated heterocycles. The monoisotopic (exact) mass is 460 g/mol. The molecular weight excluding hydrogens is 444 g/mol. The minimum Gasteiger partial charge on any atom is -0.507 e. The molecule has 1 aliphatic heterocycles. The standard InChI is InChI=1S/C21H17ClN2O4S2/c1-10-11(2)30-21(23-10)24-17(15-5-4-8-29-15)16(19(26)20(24)27)18(25)12-6-7-14(28-3)13(22)9-12/h4-9,17,25H,1-3H3/t17-/m1/s1. The number of methoxy groups -OCH3 is 1. The molecule has 1 fully saturated rings. The van der Waals surface area contributed by atoms with Crippen LogP contribution in [0, 0.1) is 13.8 Å². The van der Waals surface area contributed by atoms with Gasteiger partial charge in [0, 0.05) is 15.3 Å². The van der Waals surface area contributed by atoms with E-state index in [2.05, 4.69) is 4.98 Å². The first-order valence-electron chi connectivity index (χ1n) is 8.95. The quantitative estimate of drug-likeness (QED) is 0.332. The van der Waals surface area contributed by atoms with E-state index in [1.165, 1.54) is 40.7 Å². The number of aliphatic hydroxyl groups is 1. The summed E-state index contributed by atoms with van der Waals surface area (Å²) in [7, 11) is 1.49. The average molecular weight is 461 g/mol. The number of carbonyl (C=O) groups is 2. The van der Waals surface area contributed by atoms with Crippen molar-refractivity contribution in [2.24, 2.45) is 0 Å². The van der Waals surface area contributed by atoms with Crippen LogP contribution in [0.25, 0.3) is 5.76 Å². The van der Waals surface area contributed by atoms with Crippen molar-refractivity contribution in [3.63, 3.8) is 0 Å². The molecule has 0 saturated carbocycles. The molecule has 0 bridgehead atoms. The number of hydrogen-bond acceptors (Lipinski definition) is 7. The number of aromatic nitrogens is 1. The number of ketones is 1. The molecular formula is C21H17ClN2O4S2. The van der Waals surface area contributed by atoms with Crippen molar-refractivity contribution in [1.82, 2.24) is 4.98 Å². The van der Waals surface area contributed by atoms with E-state index in [1.54, 1.807) is 12.1 Å². The maximum Gasteiger partial charge on any atom is 0.301 e. The van der Waals surface area contributed by atoms with Crippen LogP contribution >= 0.6 is 34.3 Å². The highest BCUT2D eigenvalue weighted by atomic mass is 35.5. The summed E-state index contributed by atoms with van der Waals surface area (Å²) in [6.45, 7) is 3.76. The molecule has 1 amide bonds. The SMILES string of the molecule is COc1ccc(C(O)=C2C(=O)C(=O)N(c3nc(C)c(C)s3)[C@@H]2c2cccs2)cc1Cl. The summed E-state index contributed by atoms with van der Waals surface area (Å²) in [6.07, 6.45) is 0. The molecule has 2 aromatic heterocycles. The van der Waals surface area contributed by atoms with Crippen LogP contribution in [0.3, 0.4) is 0 Å².